The van der Waals surface area contributed by atoms with E-state index in [-0.39, 0.29) is 0 Å². The van der Waals surface area contributed by atoms with Crippen LogP contribution in [0.25, 0.3) is 0 Å². The maximum atomic E-state index is 6.11. The molecule has 0 bridgehead atoms. The topological polar surface area (TPSA) is 29.3 Å². The van der Waals surface area contributed by atoms with Gasteiger partial charge in [-0.15, -0.1) is 0 Å². The average Bonchev–Trinajstić information content (AvgIpc) is 2.41. The second-order valence-corrected chi connectivity index (χ2v) is 7.45. The first-order chi connectivity index (χ1) is 10.3. The molecule has 2 nitrogen and oxygen atoms in total. The number of hydrogen-bond donors (Lipinski definition) is 1. The van der Waals surface area contributed by atoms with Crippen LogP contribution in [-0.4, -0.2) is 18.5 Å². The van der Waals surface area contributed by atoms with Crippen molar-refractivity contribution in [2.45, 2.75) is 79.1 Å². The molecule has 22 heavy (non-hydrogen) atoms. The van der Waals surface area contributed by atoms with Gasteiger partial charge in [-0.25, -0.2) is 0 Å². The number of nitrogens with two attached hydrogens (primary N) is 1. The Hall–Kier alpha value is -0.920. The van der Waals surface area contributed by atoms with E-state index in [0.717, 1.165) is 24.6 Å². The van der Waals surface area contributed by atoms with E-state index < -0.39 is 0 Å². The highest BCUT2D eigenvalue weighted by Gasteiger charge is 2.01. The lowest BCUT2D eigenvalue weighted by molar-refractivity contribution is 0.409. The summed E-state index contributed by atoms with van der Waals surface area (Å²) >= 11 is 0. The maximum Gasteiger partial charge on any atom is 0.0242 e. The second kappa shape index (κ2) is 12.6. The molecule has 2 heteroatoms. The predicted octanol–water partition coefficient (Wildman–Crippen LogP) is 5.71. The molecular formula is C20H40N2. The van der Waals surface area contributed by atoms with Crippen molar-refractivity contribution in [2.24, 2.45) is 17.6 Å². The molecule has 0 rings (SSSR count). The van der Waals surface area contributed by atoms with Gasteiger partial charge in [0.05, 0.1) is 0 Å². The standard InChI is InChI=1S/C20H40N2/c1-17(2)12-11-15-22(6)16-20(21)14-10-8-7-9-13-19(5)18(3)4/h16-18H,5,7-15,21H2,1-4,6H3/b20-16-. The number of hydrogen-bond acceptors (Lipinski definition) is 2. The van der Waals surface area contributed by atoms with E-state index in [9.17, 15) is 0 Å². The summed E-state index contributed by atoms with van der Waals surface area (Å²) in [7, 11) is 2.13. The Morgan fingerprint density at radius 3 is 2.14 bits per heavy atom. The van der Waals surface area contributed by atoms with Crippen molar-refractivity contribution in [1.82, 2.24) is 4.90 Å². The van der Waals surface area contributed by atoms with E-state index in [0.29, 0.717) is 5.92 Å². The molecule has 0 aliphatic carbocycles. The lowest BCUT2D eigenvalue weighted by Crippen LogP contribution is -2.15. The number of unbranched alkanes of at least 4 members (excludes halogenated alkanes) is 3. The molecule has 0 aliphatic rings. The SMILES string of the molecule is C=C(CCCCCC/C(N)=C/N(C)CCCC(C)C)C(C)C. The molecule has 0 aromatic rings. The third-order valence-corrected chi connectivity index (χ3v) is 4.21. The average molecular weight is 309 g/mol. The lowest BCUT2D eigenvalue weighted by atomic mass is 9.98. The summed E-state index contributed by atoms with van der Waals surface area (Å²) in [5.41, 5.74) is 8.53. The van der Waals surface area contributed by atoms with E-state index in [4.69, 9.17) is 5.73 Å². The highest BCUT2D eigenvalue weighted by Crippen LogP contribution is 2.16. The quantitative estimate of drug-likeness (QED) is 0.349. The summed E-state index contributed by atoms with van der Waals surface area (Å²) in [6.07, 6.45) is 11.9. The zero-order chi connectivity index (χ0) is 17.0. The highest BCUT2D eigenvalue weighted by molar-refractivity contribution is 4.97. The molecule has 0 saturated carbocycles. The predicted molar refractivity (Wildman–Crippen MR) is 101 cm³/mol. The van der Waals surface area contributed by atoms with Crippen LogP contribution < -0.4 is 5.73 Å². The molecule has 0 amide bonds. The van der Waals surface area contributed by atoms with Gasteiger partial charge in [0.25, 0.3) is 0 Å². The Morgan fingerprint density at radius 1 is 1.00 bits per heavy atom. The molecule has 0 atom stereocenters. The summed E-state index contributed by atoms with van der Waals surface area (Å²) < 4.78 is 0. The van der Waals surface area contributed by atoms with E-state index in [1.807, 2.05) is 0 Å². The summed E-state index contributed by atoms with van der Waals surface area (Å²) in [5, 5.41) is 0. The molecule has 0 heterocycles. The summed E-state index contributed by atoms with van der Waals surface area (Å²) in [5.74, 6) is 1.42. The summed E-state index contributed by atoms with van der Waals surface area (Å²) in [4.78, 5) is 2.24. The van der Waals surface area contributed by atoms with Crippen LogP contribution in [0, 0.1) is 11.8 Å². The van der Waals surface area contributed by atoms with Gasteiger partial charge in [0.15, 0.2) is 0 Å². The molecule has 0 radical (unpaired) electrons. The molecule has 2 N–H and O–H groups in total. The Morgan fingerprint density at radius 2 is 1.59 bits per heavy atom. The first kappa shape index (κ1) is 21.1. The van der Waals surface area contributed by atoms with Crippen molar-refractivity contribution in [2.75, 3.05) is 13.6 Å². The van der Waals surface area contributed by atoms with Gasteiger partial charge in [-0.2, -0.15) is 0 Å². The molecule has 0 unspecified atom stereocenters. The molecule has 0 fully saturated rings. The van der Waals surface area contributed by atoms with E-state index >= 15 is 0 Å². The summed E-state index contributed by atoms with van der Waals surface area (Å²) in [6, 6.07) is 0. The van der Waals surface area contributed by atoms with Crippen molar-refractivity contribution in [3.63, 3.8) is 0 Å². The first-order valence-corrected chi connectivity index (χ1v) is 9.17. The van der Waals surface area contributed by atoms with Crippen LogP contribution in [0.5, 0.6) is 0 Å². The minimum atomic E-state index is 0.629. The van der Waals surface area contributed by atoms with Crippen LogP contribution in [0.2, 0.25) is 0 Å². The Labute approximate surface area is 139 Å². The van der Waals surface area contributed by atoms with Crippen LogP contribution >= 0.6 is 0 Å². The Bertz CT molecular complexity index is 316. The van der Waals surface area contributed by atoms with Gasteiger partial charge in [0.2, 0.25) is 0 Å². The van der Waals surface area contributed by atoms with Gasteiger partial charge in [-0.1, -0.05) is 52.7 Å². The molecule has 130 valence electrons. The number of allylic oxidation sites excluding steroid dienone is 2. The fraction of sp³-hybridized carbons (Fsp3) is 0.800. The van der Waals surface area contributed by atoms with Crippen LogP contribution in [0.15, 0.2) is 24.0 Å². The van der Waals surface area contributed by atoms with Crippen LogP contribution in [0.4, 0.5) is 0 Å². The van der Waals surface area contributed by atoms with Crippen LogP contribution in [0.3, 0.4) is 0 Å². The lowest BCUT2D eigenvalue weighted by Gasteiger charge is -2.16. The Kier molecular flexibility index (Phi) is 12.1. The van der Waals surface area contributed by atoms with Crippen molar-refractivity contribution in [3.8, 4) is 0 Å². The fourth-order valence-corrected chi connectivity index (χ4v) is 2.48. The smallest absolute Gasteiger partial charge is 0.0242 e. The van der Waals surface area contributed by atoms with Crippen molar-refractivity contribution in [3.05, 3.63) is 24.0 Å². The second-order valence-electron chi connectivity index (χ2n) is 7.45. The highest BCUT2D eigenvalue weighted by atomic mass is 15.1. The van der Waals surface area contributed by atoms with E-state index in [1.54, 1.807) is 0 Å². The zero-order valence-corrected chi connectivity index (χ0v) is 15.8. The Balaban J connectivity index is 3.64. The number of nitrogens with zero attached hydrogens (tertiary/aromatic N) is 1. The molecular weight excluding hydrogens is 268 g/mol. The molecule has 0 aromatic carbocycles. The first-order valence-electron chi connectivity index (χ1n) is 9.17. The van der Waals surface area contributed by atoms with Crippen LogP contribution in [0.1, 0.15) is 79.1 Å². The molecule has 0 aliphatic heterocycles. The van der Waals surface area contributed by atoms with Crippen molar-refractivity contribution >= 4 is 0 Å². The minimum absolute atomic E-state index is 0.629. The third-order valence-electron chi connectivity index (χ3n) is 4.21. The van der Waals surface area contributed by atoms with E-state index in [2.05, 4.69) is 52.4 Å². The van der Waals surface area contributed by atoms with Gasteiger partial charge in [-0.05, 0) is 50.4 Å². The minimum Gasteiger partial charge on any atom is -0.401 e. The van der Waals surface area contributed by atoms with Crippen LogP contribution in [-0.2, 0) is 0 Å². The molecule has 0 saturated heterocycles. The van der Waals surface area contributed by atoms with Gasteiger partial charge < -0.3 is 10.6 Å². The largest absolute Gasteiger partial charge is 0.401 e. The van der Waals surface area contributed by atoms with Crippen molar-refractivity contribution in [1.29, 1.82) is 0 Å². The third kappa shape index (κ3) is 12.8. The molecule has 0 aromatic heterocycles. The van der Waals surface area contributed by atoms with E-state index in [1.165, 1.54) is 50.5 Å². The molecule has 0 spiro atoms. The van der Waals surface area contributed by atoms with Gasteiger partial charge in [0, 0.05) is 25.5 Å². The van der Waals surface area contributed by atoms with Gasteiger partial charge in [0.1, 0.15) is 0 Å². The van der Waals surface area contributed by atoms with Crippen molar-refractivity contribution < 1.29 is 0 Å². The maximum absolute atomic E-state index is 6.11. The number of rotatable bonds is 13. The van der Waals surface area contributed by atoms with Gasteiger partial charge >= 0.3 is 0 Å². The van der Waals surface area contributed by atoms with Gasteiger partial charge in [-0.3, -0.25) is 0 Å². The normalized spacial score (nSPS) is 12.2. The summed E-state index contributed by atoms with van der Waals surface area (Å²) in [6.45, 7) is 14.3. The fourth-order valence-electron chi connectivity index (χ4n) is 2.48. The zero-order valence-electron chi connectivity index (χ0n) is 15.8. The monoisotopic (exact) mass is 308 g/mol.